The van der Waals surface area contributed by atoms with E-state index in [4.69, 9.17) is 9.84 Å². The molecular weight excluding hydrogens is 438 g/mol. The molecule has 0 fully saturated rings. The predicted molar refractivity (Wildman–Crippen MR) is 117 cm³/mol. The van der Waals surface area contributed by atoms with Gasteiger partial charge in [0.15, 0.2) is 0 Å². The number of rotatable bonds is 3. The second-order valence-electron chi connectivity index (χ2n) is 6.73. The summed E-state index contributed by atoms with van der Waals surface area (Å²) in [5, 5.41) is 7.83. The second-order valence-corrected chi connectivity index (χ2v) is 8.68. The summed E-state index contributed by atoms with van der Waals surface area (Å²) in [7, 11) is 1.65. The largest absolute Gasteiger partial charge is 0.496 e. The first-order valence-electron chi connectivity index (χ1n) is 8.89. The summed E-state index contributed by atoms with van der Waals surface area (Å²) in [5.41, 5.74) is 5.12. The first-order chi connectivity index (χ1) is 13.5. The lowest BCUT2D eigenvalue weighted by atomic mass is 10.0. The number of ether oxygens (including phenoxy) is 1. The normalized spacial score (nSPS) is 16.3. The lowest BCUT2D eigenvalue weighted by molar-refractivity contribution is -0.113. The molecule has 0 aliphatic carbocycles. The van der Waals surface area contributed by atoms with Crippen molar-refractivity contribution >= 4 is 39.4 Å². The molecule has 1 aliphatic heterocycles. The maximum Gasteiger partial charge on any atom is 0.235 e. The Morgan fingerprint density at radius 1 is 1.25 bits per heavy atom. The first kappa shape index (κ1) is 19.1. The van der Waals surface area contributed by atoms with Crippen LogP contribution in [0, 0.1) is 13.8 Å². The molecule has 0 bridgehead atoms. The summed E-state index contributed by atoms with van der Waals surface area (Å²) in [5.74, 6) is 1.89. The Kier molecular flexibility index (Phi) is 5.21. The number of carbonyl (C=O) groups excluding carboxylic acids is 1. The van der Waals surface area contributed by atoms with E-state index in [2.05, 4.69) is 33.4 Å². The Hall–Kier alpha value is -2.25. The number of benzene rings is 2. The van der Waals surface area contributed by atoms with Crippen molar-refractivity contribution in [3.05, 3.63) is 69.3 Å². The van der Waals surface area contributed by atoms with E-state index in [1.54, 1.807) is 18.9 Å². The van der Waals surface area contributed by atoms with Gasteiger partial charge in [-0.3, -0.25) is 4.79 Å². The van der Waals surface area contributed by atoms with Crippen LogP contribution in [-0.4, -0.2) is 28.6 Å². The van der Waals surface area contributed by atoms with Gasteiger partial charge >= 0.3 is 0 Å². The van der Waals surface area contributed by atoms with Gasteiger partial charge in [0.25, 0.3) is 0 Å². The predicted octanol–water partition coefficient (Wildman–Crippen LogP) is 5.03. The number of halogens is 1. The maximum absolute atomic E-state index is 12.4. The Morgan fingerprint density at radius 3 is 2.79 bits per heavy atom. The Labute approximate surface area is 176 Å². The Balaban J connectivity index is 1.87. The van der Waals surface area contributed by atoms with Gasteiger partial charge in [-0.05, 0) is 65.2 Å². The highest BCUT2D eigenvalue weighted by atomic mass is 79.9. The average Bonchev–Trinajstić information content (AvgIpc) is 2.87. The zero-order valence-electron chi connectivity index (χ0n) is 15.8. The van der Waals surface area contributed by atoms with Crippen LogP contribution >= 0.6 is 27.7 Å². The van der Waals surface area contributed by atoms with Crippen LogP contribution in [0.4, 0.5) is 5.82 Å². The zero-order chi connectivity index (χ0) is 19.8. The number of carbonyl (C=O) groups is 1. The van der Waals surface area contributed by atoms with E-state index in [-0.39, 0.29) is 11.2 Å². The van der Waals surface area contributed by atoms with E-state index in [0.717, 1.165) is 44.1 Å². The van der Waals surface area contributed by atoms with E-state index in [1.807, 2.05) is 48.9 Å². The number of aromatic nitrogens is 2. The number of anilines is 1. The minimum atomic E-state index is -0.0184. The number of amides is 1. The molecule has 0 saturated carbocycles. The van der Waals surface area contributed by atoms with Gasteiger partial charge in [0.2, 0.25) is 5.91 Å². The molecule has 5 nitrogen and oxygen atoms in total. The number of methoxy groups -OCH3 is 1. The first-order valence-corrected chi connectivity index (χ1v) is 10.7. The van der Waals surface area contributed by atoms with Crippen molar-refractivity contribution in [3.63, 3.8) is 0 Å². The molecule has 1 N–H and O–H groups in total. The van der Waals surface area contributed by atoms with Crippen LogP contribution in [0.2, 0.25) is 0 Å². The molecule has 0 spiro atoms. The summed E-state index contributed by atoms with van der Waals surface area (Å²) >= 11 is 5.18. The van der Waals surface area contributed by atoms with Crippen LogP contribution in [0.25, 0.3) is 5.69 Å². The molecule has 0 radical (unpaired) electrons. The van der Waals surface area contributed by atoms with Crippen LogP contribution in [-0.2, 0) is 4.79 Å². The van der Waals surface area contributed by atoms with Crippen LogP contribution in [0.3, 0.4) is 0 Å². The van der Waals surface area contributed by atoms with Gasteiger partial charge in [-0.25, -0.2) is 4.68 Å². The lowest BCUT2D eigenvalue weighted by Gasteiger charge is -2.16. The zero-order valence-corrected chi connectivity index (χ0v) is 18.2. The SMILES string of the molecule is COc1ccc([C@@H]2SCC(=O)Nc3c2c(C)nn3-c2cccc(C)c2)cc1Br. The minimum Gasteiger partial charge on any atom is -0.496 e. The highest BCUT2D eigenvalue weighted by Gasteiger charge is 2.30. The van der Waals surface area contributed by atoms with Crippen molar-refractivity contribution in [1.29, 1.82) is 0 Å². The average molecular weight is 458 g/mol. The van der Waals surface area contributed by atoms with E-state index in [1.165, 1.54) is 0 Å². The molecule has 1 aromatic heterocycles. The molecular formula is C21H20BrN3O2S. The number of hydrogen-bond acceptors (Lipinski definition) is 4. The highest BCUT2D eigenvalue weighted by Crippen LogP contribution is 2.45. The standard InChI is InChI=1S/C21H20BrN3O2S/c1-12-5-4-6-15(9-12)25-21-19(13(2)24-25)20(28-11-18(26)23-21)14-7-8-17(27-3)16(22)10-14/h4-10,20H,11H2,1-3H3,(H,23,26)/t20-/m0/s1. The Morgan fingerprint density at radius 2 is 2.07 bits per heavy atom. The molecule has 3 aromatic rings. The molecule has 28 heavy (non-hydrogen) atoms. The second kappa shape index (κ2) is 7.64. The van der Waals surface area contributed by atoms with Gasteiger partial charge in [-0.1, -0.05) is 18.2 Å². The van der Waals surface area contributed by atoms with E-state index >= 15 is 0 Å². The number of fused-ring (bicyclic) bond motifs is 1. The van der Waals surface area contributed by atoms with Gasteiger partial charge < -0.3 is 10.1 Å². The van der Waals surface area contributed by atoms with Gasteiger partial charge in [-0.15, -0.1) is 11.8 Å². The fourth-order valence-corrected chi connectivity index (χ4v) is 5.18. The maximum atomic E-state index is 12.4. The van der Waals surface area contributed by atoms with Crippen LogP contribution in [0.15, 0.2) is 46.9 Å². The van der Waals surface area contributed by atoms with Crippen LogP contribution in [0.5, 0.6) is 5.75 Å². The third kappa shape index (κ3) is 3.44. The monoisotopic (exact) mass is 457 g/mol. The number of nitrogens with zero attached hydrogens (tertiary/aromatic N) is 2. The number of hydrogen-bond donors (Lipinski definition) is 1. The van der Waals surface area contributed by atoms with Gasteiger partial charge in [0.1, 0.15) is 11.6 Å². The molecule has 2 heterocycles. The highest BCUT2D eigenvalue weighted by molar-refractivity contribution is 9.10. The van der Waals surface area contributed by atoms with Crippen molar-refractivity contribution in [2.24, 2.45) is 0 Å². The lowest BCUT2D eigenvalue weighted by Crippen LogP contribution is -2.15. The molecule has 0 unspecified atom stereocenters. The molecule has 1 atom stereocenters. The van der Waals surface area contributed by atoms with Crippen molar-refractivity contribution in [2.45, 2.75) is 19.1 Å². The van der Waals surface area contributed by atoms with Crippen molar-refractivity contribution < 1.29 is 9.53 Å². The quantitative estimate of drug-likeness (QED) is 0.598. The molecule has 7 heteroatoms. The van der Waals surface area contributed by atoms with E-state index in [0.29, 0.717) is 5.75 Å². The number of nitrogens with one attached hydrogen (secondary N) is 1. The number of aryl methyl sites for hydroxylation is 2. The van der Waals surface area contributed by atoms with E-state index in [9.17, 15) is 4.79 Å². The van der Waals surface area contributed by atoms with Crippen LogP contribution < -0.4 is 10.1 Å². The van der Waals surface area contributed by atoms with Gasteiger partial charge in [-0.2, -0.15) is 5.10 Å². The molecule has 144 valence electrons. The minimum absolute atomic E-state index is 0.00489. The van der Waals surface area contributed by atoms with E-state index < -0.39 is 0 Å². The number of thioether (sulfide) groups is 1. The molecule has 1 amide bonds. The van der Waals surface area contributed by atoms with Crippen molar-refractivity contribution in [1.82, 2.24) is 9.78 Å². The van der Waals surface area contributed by atoms with Crippen molar-refractivity contribution in [2.75, 3.05) is 18.2 Å². The smallest absolute Gasteiger partial charge is 0.235 e. The molecule has 1 aliphatic rings. The summed E-state index contributed by atoms with van der Waals surface area (Å²) in [6.45, 7) is 4.04. The van der Waals surface area contributed by atoms with Crippen molar-refractivity contribution in [3.8, 4) is 11.4 Å². The summed E-state index contributed by atoms with van der Waals surface area (Å²) in [6, 6.07) is 14.2. The fourth-order valence-electron chi connectivity index (χ4n) is 3.44. The topological polar surface area (TPSA) is 56.1 Å². The summed E-state index contributed by atoms with van der Waals surface area (Å²) in [6.07, 6.45) is 0. The third-order valence-corrected chi connectivity index (χ3v) is 6.62. The molecule has 2 aromatic carbocycles. The van der Waals surface area contributed by atoms with Gasteiger partial charge in [0, 0.05) is 5.56 Å². The van der Waals surface area contributed by atoms with Crippen LogP contribution in [0.1, 0.15) is 27.6 Å². The summed E-state index contributed by atoms with van der Waals surface area (Å²) in [4.78, 5) is 12.4. The molecule has 4 rings (SSSR count). The Bertz CT molecular complexity index is 1060. The fraction of sp³-hybridized carbons (Fsp3) is 0.238. The third-order valence-electron chi connectivity index (χ3n) is 4.73. The summed E-state index contributed by atoms with van der Waals surface area (Å²) < 4.78 is 8.09. The van der Waals surface area contributed by atoms with Gasteiger partial charge in [0.05, 0.1) is 34.0 Å². The molecule has 0 saturated heterocycles.